The molecule has 7 nitrogen and oxygen atoms in total. The number of unbranched alkanes of at least 4 members (excludes halogenated alkanes) is 1. The first-order valence-electron chi connectivity index (χ1n) is 14.3. The Hall–Kier alpha value is -3.65. The van der Waals surface area contributed by atoms with E-state index in [1.165, 1.54) is 10.6 Å². The van der Waals surface area contributed by atoms with E-state index >= 15 is 0 Å². The highest BCUT2D eigenvalue weighted by Crippen LogP contribution is 2.23. The third-order valence-corrected chi connectivity index (χ3v) is 8.42. The Bertz CT molecular complexity index is 1390. The maximum Gasteiger partial charge on any atom is 0.243 e. The quantitative estimate of drug-likeness (QED) is 0.245. The van der Waals surface area contributed by atoms with Crippen molar-refractivity contribution in [1.29, 1.82) is 0 Å². The summed E-state index contributed by atoms with van der Waals surface area (Å²) in [5, 5.41) is 3.04. The van der Waals surface area contributed by atoms with Gasteiger partial charge in [0, 0.05) is 32.5 Å². The molecule has 0 aliphatic rings. The SMILES string of the molecule is CCCCNC(=O)C(Cc1ccccc1)N(Cc1ccccc1C)C(=O)CCCN(c1ccccc1C)S(C)(=O)=O. The third-order valence-electron chi connectivity index (χ3n) is 7.24. The predicted molar refractivity (Wildman–Crippen MR) is 166 cm³/mol. The van der Waals surface area contributed by atoms with Gasteiger partial charge in [-0.15, -0.1) is 0 Å². The van der Waals surface area contributed by atoms with Crippen molar-refractivity contribution in [2.45, 2.75) is 65.5 Å². The van der Waals surface area contributed by atoms with Crippen LogP contribution in [0.4, 0.5) is 5.69 Å². The van der Waals surface area contributed by atoms with Crippen molar-refractivity contribution >= 4 is 27.5 Å². The number of aryl methyl sites for hydroxylation is 2. The molecule has 2 amide bonds. The van der Waals surface area contributed by atoms with E-state index in [4.69, 9.17) is 0 Å². The summed E-state index contributed by atoms with van der Waals surface area (Å²) in [4.78, 5) is 29.2. The van der Waals surface area contributed by atoms with E-state index in [0.717, 1.165) is 35.1 Å². The number of hydrogen-bond donors (Lipinski definition) is 1. The summed E-state index contributed by atoms with van der Waals surface area (Å²) in [6.45, 7) is 6.94. The summed E-state index contributed by atoms with van der Waals surface area (Å²) in [6.07, 6.45) is 3.80. The minimum absolute atomic E-state index is 0.108. The van der Waals surface area contributed by atoms with Crippen LogP contribution in [0.25, 0.3) is 0 Å². The second kappa shape index (κ2) is 15.4. The Morgan fingerprint density at radius 3 is 2.12 bits per heavy atom. The van der Waals surface area contributed by atoms with E-state index < -0.39 is 16.1 Å². The maximum absolute atomic E-state index is 13.9. The van der Waals surface area contributed by atoms with Gasteiger partial charge in [-0.2, -0.15) is 0 Å². The molecule has 3 aromatic rings. The predicted octanol–water partition coefficient (Wildman–Crippen LogP) is 5.41. The van der Waals surface area contributed by atoms with Crippen molar-refractivity contribution in [3.63, 3.8) is 0 Å². The monoisotopic (exact) mass is 577 g/mol. The van der Waals surface area contributed by atoms with Crippen molar-refractivity contribution < 1.29 is 18.0 Å². The molecular formula is C33H43N3O4S. The van der Waals surface area contributed by atoms with Crippen molar-refractivity contribution in [1.82, 2.24) is 10.2 Å². The highest BCUT2D eigenvalue weighted by atomic mass is 32.2. The van der Waals surface area contributed by atoms with E-state index in [1.807, 2.05) is 80.6 Å². The molecule has 41 heavy (non-hydrogen) atoms. The number of carbonyl (C=O) groups excluding carboxylic acids is 2. The second-order valence-electron chi connectivity index (χ2n) is 10.5. The molecule has 1 unspecified atom stereocenters. The van der Waals surface area contributed by atoms with Gasteiger partial charge < -0.3 is 10.2 Å². The first-order chi connectivity index (χ1) is 19.6. The Balaban J connectivity index is 1.88. The van der Waals surface area contributed by atoms with Gasteiger partial charge in [-0.05, 0) is 55.0 Å². The van der Waals surface area contributed by atoms with Crippen molar-refractivity contribution in [2.24, 2.45) is 0 Å². The third kappa shape index (κ3) is 9.46. The zero-order chi connectivity index (χ0) is 29.8. The molecule has 1 atom stereocenters. The van der Waals surface area contributed by atoms with E-state index in [9.17, 15) is 18.0 Å². The maximum atomic E-state index is 13.9. The molecule has 0 aromatic heterocycles. The van der Waals surface area contributed by atoms with Crippen LogP contribution in [0.5, 0.6) is 0 Å². The van der Waals surface area contributed by atoms with E-state index in [1.54, 1.807) is 17.0 Å². The molecule has 3 rings (SSSR count). The first kappa shape index (κ1) is 31.9. The highest BCUT2D eigenvalue weighted by Gasteiger charge is 2.30. The van der Waals surface area contributed by atoms with Gasteiger partial charge >= 0.3 is 0 Å². The van der Waals surface area contributed by atoms with Gasteiger partial charge in [-0.1, -0.05) is 86.1 Å². The van der Waals surface area contributed by atoms with E-state index in [0.29, 0.717) is 25.1 Å². The van der Waals surface area contributed by atoms with E-state index in [2.05, 4.69) is 12.2 Å². The Morgan fingerprint density at radius 2 is 1.49 bits per heavy atom. The summed E-state index contributed by atoms with van der Waals surface area (Å²) in [5.74, 6) is -0.361. The number of benzene rings is 3. The van der Waals surface area contributed by atoms with Gasteiger partial charge in [0.15, 0.2) is 0 Å². The molecule has 1 N–H and O–H groups in total. The fourth-order valence-electron chi connectivity index (χ4n) is 4.86. The van der Waals surface area contributed by atoms with Crippen LogP contribution < -0.4 is 9.62 Å². The number of carbonyl (C=O) groups is 2. The lowest BCUT2D eigenvalue weighted by atomic mass is 10.0. The normalized spacial score (nSPS) is 12.0. The van der Waals surface area contributed by atoms with Gasteiger partial charge in [0.2, 0.25) is 21.8 Å². The number of hydrogen-bond acceptors (Lipinski definition) is 4. The van der Waals surface area contributed by atoms with Gasteiger partial charge in [-0.3, -0.25) is 13.9 Å². The topological polar surface area (TPSA) is 86.8 Å². The van der Waals surface area contributed by atoms with Gasteiger partial charge in [0.05, 0.1) is 11.9 Å². The lowest BCUT2D eigenvalue weighted by Gasteiger charge is -2.32. The van der Waals surface area contributed by atoms with Gasteiger partial charge in [0.1, 0.15) is 6.04 Å². The summed E-state index contributed by atoms with van der Waals surface area (Å²) in [5.41, 5.74) is 4.43. The van der Waals surface area contributed by atoms with Crippen LogP contribution in [0.1, 0.15) is 54.9 Å². The van der Waals surface area contributed by atoms with Crippen molar-refractivity contribution in [3.05, 3.63) is 101 Å². The molecule has 0 aliphatic carbocycles. The molecule has 0 spiro atoms. The molecule has 0 radical (unpaired) electrons. The lowest BCUT2D eigenvalue weighted by Crippen LogP contribution is -2.50. The van der Waals surface area contributed by atoms with Crippen LogP contribution >= 0.6 is 0 Å². The molecule has 0 heterocycles. The van der Waals surface area contributed by atoms with Crippen molar-refractivity contribution in [3.8, 4) is 0 Å². The average molecular weight is 578 g/mol. The molecule has 0 bridgehead atoms. The molecule has 8 heteroatoms. The molecule has 220 valence electrons. The molecule has 0 saturated heterocycles. The van der Waals surface area contributed by atoms with Crippen LogP contribution in [0.3, 0.4) is 0 Å². The summed E-state index contributed by atoms with van der Waals surface area (Å²) in [7, 11) is -3.55. The van der Waals surface area contributed by atoms with E-state index in [-0.39, 0.29) is 31.3 Å². The Kier molecular flexibility index (Phi) is 12.0. The molecule has 0 aliphatic heterocycles. The summed E-state index contributed by atoms with van der Waals surface area (Å²) < 4.78 is 26.7. The number of sulfonamides is 1. The fraction of sp³-hybridized carbons (Fsp3) is 0.394. The number of para-hydroxylation sites is 1. The first-order valence-corrected chi connectivity index (χ1v) is 16.2. The zero-order valence-corrected chi connectivity index (χ0v) is 25.5. The lowest BCUT2D eigenvalue weighted by molar-refractivity contribution is -0.141. The molecule has 0 saturated carbocycles. The second-order valence-corrected chi connectivity index (χ2v) is 12.4. The number of nitrogens with zero attached hydrogens (tertiary/aromatic N) is 2. The Morgan fingerprint density at radius 1 is 0.854 bits per heavy atom. The number of anilines is 1. The van der Waals surface area contributed by atoms with Crippen LogP contribution in [0, 0.1) is 13.8 Å². The average Bonchev–Trinajstić information content (AvgIpc) is 2.94. The van der Waals surface area contributed by atoms with Gasteiger partial charge in [0.25, 0.3) is 0 Å². The van der Waals surface area contributed by atoms with Crippen LogP contribution in [-0.2, 0) is 32.6 Å². The molecule has 3 aromatic carbocycles. The Labute approximate surface area is 245 Å². The zero-order valence-electron chi connectivity index (χ0n) is 24.7. The summed E-state index contributed by atoms with van der Waals surface area (Å²) in [6, 6.07) is 24.2. The molecular weight excluding hydrogens is 534 g/mol. The van der Waals surface area contributed by atoms with Crippen LogP contribution in [0.2, 0.25) is 0 Å². The highest BCUT2D eigenvalue weighted by molar-refractivity contribution is 7.92. The minimum Gasteiger partial charge on any atom is -0.354 e. The molecule has 0 fully saturated rings. The number of amides is 2. The number of nitrogens with one attached hydrogen (secondary N) is 1. The standard InChI is InChI=1S/C33H43N3O4S/c1-5-6-22-34-33(38)31(24-28-17-8-7-9-18-28)35(25-29-19-12-10-15-26(29)2)32(37)21-14-23-36(41(4,39)40)30-20-13-11-16-27(30)3/h7-13,15-20,31H,5-6,14,21-25H2,1-4H3,(H,34,38). The smallest absolute Gasteiger partial charge is 0.243 e. The van der Waals surface area contributed by atoms with Gasteiger partial charge in [-0.25, -0.2) is 8.42 Å². The number of rotatable bonds is 15. The van der Waals surface area contributed by atoms with Crippen LogP contribution in [-0.4, -0.2) is 50.5 Å². The van der Waals surface area contributed by atoms with Crippen LogP contribution in [0.15, 0.2) is 78.9 Å². The minimum atomic E-state index is -3.55. The largest absolute Gasteiger partial charge is 0.354 e. The van der Waals surface area contributed by atoms with Crippen molar-refractivity contribution in [2.75, 3.05) is 23.7 Å². The summed E-state index contributed by atoms with van der Waals surface area (Å²) >= 11 is 0. The fourth-order valence-corrected chi connectivity index (χ4v) is 5.88.